The maximum absolute atomic E-state index is 12.7. The van der Waals surface area contributed by atoms with Crippen LogP contribution in [0.25, 0.3) is 0 Å². The zero-order valence-electron chi connectivity index (χ0n) is 14.4. The molecule has 1 aromatic rings. The minimum atomic E-state index is -0.329. The Hall–Kier alpha value is -2.28. The van der Waals surface area contributed by atoms with Crippen molar-refractivity contribution in [2.75, 3.05) is 32.8 Å². The number of nitrogens with one attached hydrogen (secondary N) is 1. The standard InChI is InChI=1S/C18H23N3O4/c1-12(17(22)21-8-6-19-18(21)23)20-7-2-3-14(20)13-4-5-15-16(11-13)25-10-9-24-15/h4-5,11-12,14H,2-3,6-10H2,1H3,(H,19,23). The normalized spacial score (nSPS) is 24.3. The summed E-state index contributed by atoms with van der Waals surface area (Å²) in [7, 11) is 0. The van der Waals surface area contributed by atoms with Crippen LogP contribution in [0.4, 0.5) is 4.79 Å². The van der Waals surface area contributed by atoms with E-state index in [1.54, 1.807) is 0 Å². The molecule has 3 heterocycles. The summed E-state index contributed by atoms with van der Waals surface area (Å²) >= 11 is 0. The first-order valence-electron chi connectivity index (χ1n) is 8.89. The van der Waals surface area contributed by atoms with Crippen LogP contribution in [0.15, 0.2) is 18.2 Å². The van der Waals surface area contributed by atoms with Crippen molar-refractivity contribution >= 4 is 11.9 Å². The van der Waals surface area contributed by atoms with E-state index in [0.717, 1.165) is 36.4 Å². The average molecular weight is 345 g/mol. The average Bonchev–Trinajstić information content (AvgIpc) is 3.29. The Balaban J connectivity index is 1.54. The Bertz CT molecular complexity index is 693. The Morgan fingerprint density at radius 2 is 2.04 bits per heavy atom. The number of carbonyl (C=O) groups is 2. The van der Waals surface area contributed by atoms with Crippen molar-refractivity contribution in [3.05, 3.63) is 23.8 Å². The molecule has 4 rings (SSSR count). The molecule has 0 radical (unpaired) electrons. The molecule has 7 heteroatoms. The van der Waals surface area contributed by atoms with E-state index >= 15 is 0 Å². The number of carbonyl (C=O) groups excluding carboxylic acids is 2. The molecule has 3 amide bonds. The van der Waals surface area contributed by atoms with Crippen LogP contribution < -0.4 is 14.8 Å². The van der Waals surface area contributed by atoms with Crippen molar-refractivity contribution in [1.29, 1.82) is 0 Å². The molecule has 3 aliphatic heterocycles. The van der Waals surface area contributed by atoms with Crippen molar-refractivity contribution in [2.45, 2.75) is 31.8 Å². The molecule has 0 saturated carbocycles. The summed E-state index contributed by atoms with van der Waals surface area (Å²) in [5, 5.41) is 2.69. The number of imide groups is 1. The first-order valence-corrected chi connectivity index (χ1v) is 8.89. The third kappa shape index (κ3) is 2.93. The molecule has 0 bridgehead atoms. The first kappa shape index (κ1) is 16.2. The highest BCUT2D eigenvalue weighted by molar-refractivity contribution is 5.98. The molecular weight excluding hydrogens is 322 g/mol. The zero-order valence-corrected chi connectivity index (χ0v) is 14.4. The van der Waals surface area contributed by atoms with Gasteiger partial charge in [0.15, 0.2) is 11.5 Å². The highest BCUT2D eigenvalue weighted by atomic mass is 16.6. The lowest BCUT2D eigenvalue weighted by molar-refractivity contribution is -0.133. The minimum absolute atomic E-state index is 0.126. The molecule has 7 nitrogen and oxygen atoms in total. The second kappa shape index (κ2) is 6.55. The predicted molar refractivity (Wildman–Crippen MR) is 90.7 cm³/mol. The van der Waals surface area contributed by atoms with Gasteiger partial charge in [-0.1, -0.05) is 6.07 Å². The number of urea groups is 1. The molecule has 1 aromatic carbocycles. The van der Waals surface area contributed by atoms with E-state index in [9.17, 15) is 9.59 Å². The third-order valence-electron chi connectivity index (χ3n) is 5.22. The van der Waals surface area contributed by atoms with Gasteiger partial charge in [0.05, 0.1) is 6.04 Å². The van der Waals surface area contributed by atoms with Crippen LogP contribution in [0.1, 0.15) is 31.4 Å². The molecule has 1 N–H and O–H groups in total. The van der Waals surface area contributed by atoms with Crippen LogP contribution in [-0.2, 0) is 4.79 Å². The van der Waals surface area contributed by atoms with Crippen LogP contribution in [-0.4, -0.2) is 60.6 Å². The van der Waals surface area contributed by atoms with E-state index in [1.165, 1.54) is 4.90 Å². The van der Waals surface area contributed by atoms with Gasteiger partial charge in [0.1, 0.15) is 13.2 Å². The Morgan fingerprint density at radius 1 is 1.24 bits per heavy atom. The maximum Gasteiger partial charge on any atom is 0.324 e. The van der Waals surface area contributed by atoms with Crippen molar-refractivity contribution in [3.63, 3.8) is 0 Å². The van der Waals surface area contributed by atoms with E-state index < -0.39 is 0 Å². The topological polar surface area (TPSA) is 71.1 Å². The molecule has 2 saturated heterocycles. The van der Waals surface area contributed by atoms with Gasteiger partial charge in [0, 0.05) is 19.1 Å². The summed E-state index contributed by atoms with van der Waals surface area (Å²) in [5.41, 5.74) is 1.13. The fourth-order valence-electron chi connectivity index (χ4n) is 3.93. The van der Waals surface area contributed by atoms with E-state index in [0.29, 0.717) is 26.3 Å². The second-order valence-corrected chi connectivity index (χ2v) is 6.70. The SMILES string of the molecule is CC(C(=O)N1CCNC1=O)N1CCCC1c1ccc2c(c1)OCCO2. The van der Waals surface area contributed by atoms with Crippen LogP contribution in [0.5, 0.6) is 11.5 Å². The number of hydrogen-bond donors (Lipinski definition) is 1. The summed E-state index contributed by atoms with van der Waals surface area (Å²) in [4.78, 5) is 28.0. The van der Waals surface area contributed by atoms with Gasteiger partial charge < -0.3 is 14.8 Å². The maximum atomic E-state index is 12.7. The Morgan fingerprint density at radius 3 is 2.80 bits per heavy atom. The number of ether oxygens (including phenoxy) is 2. The van der Waals surface area contributed by atoms with Gasteiger partial charge in [-0.25, -0.2) is 4.79 Å². The summed E-state index contributed by atoms with van der Waals surface area (Å²) < 4.78 is 11.3. The summed E-state index contributed by atoms with van der Waals surface area (Å²) in [6.07, 6.45) is 2.02. The van der Waals surface area contributed by atoms with Crippen molar-refractivity contribution < 1.29 is 19.1 Å². The molecule has 2 fully saturated rings. The molecule has 2 unspecified atom stereocenters. The molecule has 0 aliphatic carbocycles. The van der Waals surface area contributed by atoms with E-state index in [2.05, 4.69) is 16.3 Å². The number of amides is 3. The highest BCUT2D eigenvalue weighted by Crippen LogP contribution is 2.39. The summed E-state index contributed by atoms with van der Waals surface area (Å²) in [6, 6.07) is 5.56. The van der Waals surface area contributed by atoms with Gasteiger partial charge in [-0.2, -0.15) is 0 Å². The zero-order chi connectivity index (χ0) is 17.4. The van der Waals surface area contributed by atoms with Crippen molar-refractivity contribution in [2.24, 2.45) is 0 Å². The number of hydrogen-bond acceptors (Lipinski definition) is 5. The van der Waals surface area contributed by atoms with Gasteiger partial charge in [-0.3, -0.25) is 14.6 Å². The third-order valence-corrected chi connectivity index (χ3v) is 5.22. The number of nitrogens with zero attached hydrogens (tertiary/aromatic N) is 2. The molecule has 2 atom stereocenters. The molecular formula is C18H23N3O4. The number of fused-ring (bicyclic) bond motifs is 1. The van der Waals surface area contributed by atoms with Crippen molar-refractivity contribution in [3.8, 4) is 11.5 Å². The lowest BCUT2D eigenvalue weighted by Gasteiger charge is -2.32. The van der Waals surface area contributed by atoms with E-state index in [1.807, 2.05) is 19.1 Å². The monoisotopic (exact) mass is 345 g/mol. The van der Waals surface area contributed by atoms with Crippen molar-refractivity contribution in [1.82, 2.24) is 15.1 Å². The summed E-state index contributed by atoms with van der Waals surface area (Å²) in [5.74, 6) is 1.42. The lowest BCUT2D eigenvalue weighted by Crippen LogP contribution is -2.47. The Kier molecular flexibility index (Phi) is 4.25. The van der Waals surface area contributed by atoms with Crippen LogP contribution >= 0.6 is 0 Å². The number of likely N-dealkylation sites (tertiary alicyclic amines) is 1. The van der Waals surface area contributed by atoms with Gasteiger partial charge in [0.2, 0.25) is 5.91 Å². The number of rotatable bonds is 3. The highest BCUT2D eigenvalue weighted by Gasteiger charge is 2.38. The fraction of sp³-hybridized carbons (Fsp3) is 0.556. The predicted octanol–water partition coefficient (Wildman–Crippen LogP) is 1.53. The quantitative estimate of drug-likeness (QED) is 0.900. The van der Waals surface area contributed by atoms with Crippen LogP contribution in [0, 0.1) is 0 Å². The molecule has 25 heavy (non-hydrogen) atoms. The second-order valence-electron chi connectivity index (χ2n) is 6.70. The smallest absolute Gasteiger partial charge is 0.324 e. The largest absolute Gasteiger partial charge is 0.486 e. The Labute approximate surface area is 146 Å². The minimum Gasteiger partial charge on any atom is -0.486 e. The van der Waals surface area contributed by atoms with Gasteiger partial charge in [0.25, 0.3) is 0 Å². The lowest BCUT2D eigenvalue weighted by atomic mass is 10.0. The summed E-state index contributed by atoms with van der Waals surface area (Å²) in [6.45, 7) is 4.86. The van der Waals surface area contributed by atoms with E-state index in [4.69, 9.17) is 9.47 Å². The van der Waals surface area contributed by atoms with Crippen LogP contribution in [0.3, 0.4) is 0 Å². The van der Waals surface area contributed by atoms with Gasteiger partial charge >= 0.3 is 6.03 Å². The van der Waals surface area contributed by atoms with Gasteiger partial charge in [-0.05, 0) is 44.0 Å². The fourth-order valence-corrected chi connectivity index (χ4v) is 3.93. The number of benzene rings is 1. The molecule has 3 aliphatic rings. The first-order chi connectivity index (χ1) is 12.1. The van der Waals surface area contributed by atoms with E-state index in [-0.39, 0.29) is 24.0 Å². The van der Waals surface area contributed by atoms with Gasteiger partial charge in [-0.15, -0.1) is 0 Å². The molecule has 134 valence electrons. The molecule has 0 aromatic heterocycles. The van der Waals surface area contributed by atoms with Crippen LogP contribution in [0.2, 0.25) is 0 Å². The molecule has 0 spiro atoms.